The molecule has 0 aromatic carbocycles. The van der Waals surface area contributed by atoms with E-state index < -0.39 is 30.2 Å². The van der Waals surface area contributed by atoms with E-state index in [1.807, 2.05) is 0 Å². The molecule has 7 nitrogen and oxygen atoms in total. The fourth-order valence-corrected chi connectivity index (χ4v) is 1.46. The Morgan fingerprint density at radius 2 is 2.05 bits per heavy atom. The zero-order valence-electron chi connectivity index (χ0n) is 9.39. The number of amides is 2. The van der Waals surface area contributed by atoms with E-state index in [1.54, 1.807) is 0 Å². The molecule has 0 spiro atoms. The van der Waals surface area contributed by atoms with Crippen molar-refractivity contribution in [1.29, 1.82) is 0 Å². The van der Waals surface area contributed by atoms with Gasteiger partial charge in [0.05, 0.1) is 17.0 Å². The first-order valence-electron chi connectivity index (χ1n) is 4.94. The van der Waals surface area contributed by atoms with Gasteiger partial charge in [0.1, 0.15) is 11.2 Å². The van der Waals surface area contributed by atoms with E-state index in [4.69, 9.17) is 34.0 Å². The van der Waals surface area contributed by atoms with Crippen molar-refractivity contribution in [3.05, 3.63) is 28.0 Å². The molecule has 4 N–H and O–H groups in total. The Kier molecular flexibility index (Phi) is 5.08. The number of nitrogens with two attached hydrogens (primary N) is 1. The standard InChI is InChI=1S/C10H9Cl2N3O4/c11-5-1-4(3-14-8(5)12)9(17)15-6(10(18)19)2-7(13)16/h1,3,6H,2H2,(H2,13,16)(H,15,17)(H,18,19)/t6-/m1/s1. The predicted molar refractivity (Wildman–Crippen MR) is 67.0 cm³/mol. The third kappa shape index (κ3) is 4.38. The number of nitrogens with one attached hydrogen (secondary N) is 1. The minimum Gasteiger partial charge on any atom is -0.480 e. The van der Waals surface area contributed by atoms with E-state index in [2.05, 4.69) is 10.3 Å². The lowest BCUT2D eigenvalue weighted by Gasteiger charge is -2.12. The van der Waals surface area contributed by atoms with E-state index >= 15 is 0 Å². The lowest BCUT2D eigenvalue weighted by atomic mass is 10.2. The minimum absolute atomic E-state index is 0.0186. The predicted octanol–water partition coefficient (Wildman–Crippen LogP) is 0.447. The third-order valence-electron chi connectivity index (χ3n) is 2.07. The zero-order valence-corrected chi connectivity index (χ0v) is 10.9. The molecule has 1 heterocycles. The average Bonchev–Trinajstić information content (AvgIpc) is 2.31. The van der Waals surface area contributed by atoms with Crippen LogP contribution in [-0.4, -0.2) is 33.9 Å². The van der Waals surface area contributed by atoms with Crippen LogP contribution in [0, 0.1) is 0 Å². The van der Waals surface area contributed by atoms with Crippen LogP contribution in [0.3, 0.4) is 0 Å². The molecule has 9 heteroatoms. The van der Waals surface area contributed by atoms with Gasteiger partial charge < -0.3 is 16.2 Å². The Morgan fingerprint density at radius 1 is 1.42 bits per heavy atom. The monoisotopic (exact) mass is 305 g/mol. The molecule has 1 atom stereocenters. The number of aliphatic carboxylic acids is 1. The van der Waals surface area contributed by atoms with Crippen molar-refractivity contribution in [1.82, 2.24) is 10.3 Å². The summed E-state index contributed by atoms with van der Waals surface area (Å²) in [4.78, 5) is 36.9. The third-order valence-corrected chi connectivity index (χ3v) is 2.75. The molecule has 1 rings (SSSR count). The second kappa shape index (κ2) is 6.35. The summed E-state index contributed by atoms with van der Waals surface area (Å²) in [6.07, 6.45) is 0.614. The molecular weight excluding hydrogens is 297 g/mol. The SMILES string of the molecule is NC(=O)C[C@@H](NC(=O)c1cnc(Cl)c(Cl)c1)C(=O)O. The number of hydrogen-bond donors (Lipinski definition) is 3. The second-order valence-corrected chi connectivity index (χ2v) is 4.30. The van der Waals surface area contributed by atoms with Crippen molar-refractivity contribution in [2.45, 2.75) is 12.5 Å². The Morgan fingerprint density at radius 3 is 2.53 bits per heavy atom. The molecule has 0 aliphatic carbocycles. The summed E-state index contributed by atoms with van der Waals surface area (Å²) < 4.78 is 0. The van der Waals surface area contributed by atoms with Gasteiger partial charge in [0.2, 0.25) is 5.91 Å². The highest BCUT2D eigenvalue weighted by atomic mass is 35.5. The van der Waals surface area contributed by atoms with Crippen LogP contribution in [0.15, 0.2) is 12.3 Å². The van der Waals surface area contributed by atoms with Gasteiger partial charge in [-0.2, -0.15) is 0 Å². The highest BCUT2D eigenvalue weighted by Crippen LogP contribution is 2.19. The van der Waals surface area contributed by atoms with Gasteiger partial charge in [-0.25, -0.2) is 9.78 Å². The summed E-state index contributed by atoms with van der Waals surface area (Å²) in [6, 6.07) is -0.186. The van der Waals surface area contributed by atoms with Gasteiger partial charge in [-0.1, -0.05) is 23.2 Å². The van der Waals surface area contributed by atoms with E-state index in [-0.39, 0.29) is 15.7 Å². The number of hydrogen-bond acceptors (Lipinski definition) is 4. The summed E-state index contributed by atoms with van der Waals surface area (Å²) in [6.45, 7) is 0. The number of primary amides is 1. The topological polar surface area (TPSA) is 122 Å². The summed E-state index contributed by atoms with van der Waals surface area (Å²) >= 11 is 11.3. The maximum atomic E-state index is 11.7. The number of nitrogens with zero attached hydrogens (tertiary/aromatic N) is 1. The molecule has 19 heavy (non-hydrogen) atoms. The Bertz CT molecular complexity index is 536. The normalized spacial score (nSPS) is 11.7. The van der Waals surface area contributed by atoms with Crippen molar-refractivity contribution < 1.29 is 19.5 Å². The first-order chi connectivity index (χ1) is 8.81. The van der Waals surface area contributed by atoms with Crippen molar-refractivity contribution >= 4 is 41.0 Å². The molecule has 0 fully saturated rings. The lowest BCUT2D eigenvalue weighted by Crippen LogP contribution is -2.43. The van der Waals surface area contributed by atoms with Gasteiger partial charge in [0, 0.05) is 6.20 Å². The van der Waals surface area contributed by atoms with Gasteiger partial charge in [-0.15, -0.1) is 0 Å². The fraction of sp³-hybridized carbons (Fsp3) is 0.200. The smallest absolute Gasteiger partial charge is 0.326 e. The first kappa shape index (κ1) is 15.2. The molecule has 2 amide bonds. The summed E-state index contributed by atoms with van der Waals surface area (Å²) in [5, 5.41) is 11.0. The van der Waals surface area contributed by atoms with Crippen LogP contribution in [0.5, 0.6) is 0 Å². The molecule has 1 aromatic rings. The number of carboxylic acid groups (broad SMARTS) is 1. The molecule has 1 aromatic heterocycles. The molecule has 0 unspecified atom stereocenters. The molecule has 0 bridgehead atoms. The van der Waals surface area contributed by atoms with Crippen molar-refractivity contribution in [3.8, 4) is 0 Å². The number of aromatic nitrogens is 1. The maximum absolute atomic E-state index is 11.7. The quantitative estimate of drug-likeness (QED) is 0.681. The second-order valence-electron chi connectivity index (χ2n) is 3.53. The van der Waals surface area contributed by atoms with Gasteiger partial charge >= 0.3 is 5.97 Å². The molecule has 0 saturated heterocycles. The van der Waals surface area contributed by atoms with E-state index in [1.165, 1.54) is 6.07 Å². The van der Waals surface area contributed by atoms with Crippen molar-refractivity contribution in [3.63, 3.8) is 0 Å². The number of pyridine rings is 1. The van der Waals surface area contributed by atoms with Crippen molar-refractivity contribution in [2.75, 3.05) is 0 Å². The number of carbonyl (C=O) groups is 3. The molecule has 0 radical (unpaired) electrons. The Balaban J connectivity index is 2.84. The summed E-state index contributed by atoms with van der Waals surface area (Å²) in [5.74, 6) is -2.97. The summed E-state index contributed by atoms with van der Waals surface area (Å²) in [5.41, 5.74) is 4.90. The van der Waals surface area contributed by atoms with E-state index in [9.17, 15) is 14.4 Å². The largest absolute Gasteiger partial charge is 0.480 e. The lowest BCUT2D eigenvalue weighted by molar-refractivity contribution is -0.140. The maximum Gasteiger partial charge on any atom is 0.326 e. The minimum atomic E-state index is -1.42. The fourth-order valence-electron chi connectivity index (χ4n) is 1.19. The van der Waals surface area contributed by atoms with Crippen LogP contribution in [-0.2, 0) is 9.59 Å². The summed E-state index contributed by atoms with van der Waals surface area (Å²) in [7, 11) is 0. The van der Waals surface area contributed by atoms with Crippen LogP contribution in [0.2, 0.25) is 10.2 Å². The van der Waals surface area contributed by atoms with Crippen LogP contribution in [0.4, 0.5) is 0 Å². The highest BCUT2D eigenvalue weighted by Gasteiger charge is 2.23. The van der Waals surface area contributed by atoms with Crippen LogP contribution >= 0.6 is 23.2 Å². The zero-order chi connectivity index (χ0) is 14.6. The van der Waals surface area contributed by atoms with Gasteiger partial charge in [-0.05, 0) is 6.07 Å². The Labute approximate surface area is 117 Å². The van der Waals surface area contributed by atoms with Gasteiger partial charge in [-0.3, -0.25) is 9.59 Å². The van der Waals surface area contributed by atoms with Crippen LogP contribution in [0.25, 0.3) is 0 Å². The molecule has 0 aliphatic rings. The number of carbonyl (C=O) groups excluding carboxylic acids is 2. The first-order valence-corrected chi connectivity index (χ1v) is 5.70. The molecule has 0 saturated carbocycles. The Hall–Kier alpha value is -1.86. The van der Waals surface area contributed by atoms with E-state index in [0.29, 0.717) is 0 Å². The number of carboxylic acids is 1. The van der Waals surface area contributed by atoms with Crippen molar-refractivity contribution in [2.24, 2.45) is 5.73 Å². The van der Waals surface area contributed by atoms with Crippen LogP contribution < -0.4 is 11.1 Å². The number of rotatable bonds is 5. The molecule has 0 aliphatic heterocycles. The number of halogens is 2. The highest BCUT2D eigenvalue weighted by molar-refractivity contribution is 6.41. The van der Waals surface area contributed by atoms with Gasteiger partial charge in [0.15, 0.2) is 0 Å². The van der Waals surface area contributed by atoms with Crippen LogP contribution in [0.1, 0.15) is 16.8 Å². The molecule has 102 valence electrons. The van der Waals surface area contributed by atoms with E-state index in [0.717, 1.165) is 6.20 Å². The average molecular weight is 306 g/mol. The van der Waals surface area contributed by atoms with Gasteiger partial charge in [0.25, 0.3) is 5.91 Å². The molecular formula is C10H9Cl2N3O4.